The van der Waals surface area contributed by atoms with Gasteiger partial charge in [-0.25, -0.2) is 0 Å². The Kier molecular flexibility index (Phi) is 6.17. The Hall–Kier alpha value is -3.47. The summed E-state index contributed by atoms with van der Waals surface area (Å²) in [7, 11) is 4.62. The number of carbonyl (C=O) groups excluding carboxylic acids is 1. The van der Waals surface area contributed by atoms with E-state index in [1.807, 2.05) is 60.7 Å². The number of ether oxygens (including phenoxy) is 3. The normalized spacial score (nSPS) is 10.2. The van der Waals surface area contributed by atoms with Gasteiger partial charge in [0.25, 0.3) is 5.91 Å². The summed E-state index contributed by atoms with van der Waals surface area (Å²) in [6.07, 6.45) is 0. The van der Waals surface area contributed by atoms with E-state index in [1.165, 1.54) is 14.2 Å². The van der Waals surface area contributed by atoms with Crippen LogP contribution in [-0.2, 0) is 6.54 Å². The molecule has 5 heteroatoms. The highest BCUT2D eigenvalue weighted by atomic mass is 16.5. The molecular weight excluding hydrogens is 354 g/mol. The Bertz CT molecular complexity index is 926. The third-order valence-electron chi connectivity index (χ3n) is 4.43. The first-order valence-corrected chi connectivity index (χ1v) is 8.88. The average Bonchev–Trinajstić information content (AvgIpc) is 2.77. The minimum absolute atomic E-state index is 0.187. The summed E-state index contributed by atoms with van der Waals surface area (Å²) in [4.78, 5) is 15.3. The van der Waals surface area contributed by atoms with Crippen molar-refractivity contribution in [3.8, 4) is 17.2 Å². The lowest BCUT2D eigenvalue weighted by Gasteiger charge is -2.24. The van der Waals surface area contributed by atoms with Crippen LogP contribution >= 0.6 is 0 Å². The van der Waals surface area contributed by atoms with Gasteiger partial charge in [-0.3, -0.25) is 4.79 Å². The van der Waals surface area contributed by atoms with Crippen LogP contribution in [0.2, 0.25) is 0 Å². The van der Waals surface area contributed by atoms with Crippen molar-refractivity contribution in [1.29, 1.82) is 0 Å². The molecule has 0 N–H and O–H groups in total. The maximum Gasteiger partial charge on any atom is 0.262 e. The summed E-state index contributed by atoms with van der Waals surface area (Å²) in [5.74, 6) is 1.22. The molecule has 3 aromatic rings. The third kappa shape index (κ3) is 4.09. The first kappa shape index (κ1) is 19.3. The van der Waals surface area contributed by atoms with Gasteiger partial charge in [-0.05, 0) is 17.7 Å². The molecule has 0 aliphatic rings. The van der Waals surface area contributed by atoms with Crippen LogP contribution in [0.1, 0.15) is 15.9 Å². The van der Waals surface area contributed by atoms with Crippen molar-refractivity contribution in [2.24, 2.45) is 0 Å². The van der Waals surface area contributed by atoms with Gasteiger partial charge in [0.05, 0.1) is 33.4 Å². The van der Waals surface area contributed by atoms with Crippen molar-refractivity contribution in [2.75, 3.05) is 26.2 Å². The van der Waals surface area contributed by atoms with Crippen molar-refractivity contribution in [3.05, 3.63) is 83.9 Å². The van der Waals surface area contributed by atoms with Crippen molar-refractivity contribution >= 4 is 11.6 Å². The van der Waals surface area contributed by atoms with E-state index in [1.54, 1.807) is 24.1 Å². The van der Waals surface area contributed by atoms with E-state index >= 15 is 0 Å². The fourth-order valence-corrected chi connectivity index (χ4v) is 3.00. The van der Waals surface area contributed by atoms with Gasteiger partial charge in [-0.15, -0.1) is 0 Å². The monoisotopic (exact) mass is 377 g/mol. The van der Waals surface area contributed by atoms with E-state index in [9.17, 15) is 4.79 Å². The second kappa shape index (κ2) is 8.95. The molecule has 0 aliphatic heterocycles. The van der Waals surface area contributed by atoms with Crippen LogP contribution in [0.3, 0.4) is 0 Å². The van der Waals surface area contributed by atoms with Gasteiger partial charge in [0.1, 0.15) is 5.75 Å². The van der Waals surface area contributed by atoms with Gasteiger partial charge in [-0.1, -0.05) is 48.5 Å². The van der Waals surface area contributed by atoms with Gasteiger partial charge in [0, 0.05) is 17.8 Å². The third-order valence-corrected chi connectivity index (χ3v) is 4.43. The zero-order chi connectivity index (χ0) is 19.9. The van der Waals surface area contributed by atoms with E-state index in [4.69, 9.17) is 14.2 Å². The van der Waals surface area contributed by atoms with Gasteiger partial charge in [0.15, 0.2) is 11.5 Å². The van der Waals surface area contributed by atoms with Gasteiger partial charge in [-0.2, -0.15) is 0 Å². The Balaban J connectivity index is 2.06. The number of hydrogen-bond acceptors (Lipinski definition) is 4. The summed E-state index contributed by atoms with van der Waals surface area (Å²) in [6, 6.07) is 22.7. The number of amides is 1. The number of hydrogen-bond donors (Lipinski definition) is 0. The minimum atomic E-state index is -0.187. The molecule has 1 amide bonds. The number of carbonyl (C=O) groups is 1. The number of benzene rings is 3. The molecule has 3 aromatic carbocycles. The molecule has 28 heavy (non-hydrogen) atoms. The Morgan fingerprint density at radius 2 is 1.29 bits per heavy atom. The molecule has 0 bridgehead atoms. The van der Waals surface area contributed by atoms with E-state index in [0.29, 0.717) is 29.4 Å². The minimum Gasteiger partial charge on any atom is -0.496 e. The molecule has 0 saturated heterocycles. The standard InChI is InChI=1S/C23H23NO4/c1-26-20-15-22(28-3)21(27-2)14-19(20)23(25)24(18-12-8-5-9-13-18)16-17-10-6-4-7-11-17/h4-15H,16H2,1-3H3. The Morgan fingerprint density at radius 3 is 1.86 bits per heavy atom. The highest BCUT2D eigenvalue weighted by Gasteiger charge is 2.24. The van der Waals surface area contributed by atoms with E-state index < -0.39 is 0 Å². The molecule has 3 rings (SSSR count). The van der Waals surface area contributed by atoms with Crippen LogP contribution < -0.4 is 19.1 Å². The summed E-state index contributed by atoms with van der Waals surface area (Å²) in [6.45, 7) is 0.432. The molecule has 0 radical (unpaired) electrons. The number of nitrogens with zero attached hydrogens (tertiary/aromatic N) is 1. The molecular formula is C23H23NO4. The number of methoxy groups -OCH3 is 3. The zero-order valence-electron chi connectivity index (χ0n) is 16.2. The lowest BCUT2D eigenvalue weighted by atomic mass is 10.1. The smallest absolute Gasteiger partial charge is 0.262 e. The van der Waals surface area contributed by atoms with Gasteiger partial charge >= 0.3 is 0 Å². The summed E-state index contributed by atoms with van der Waals surface area (Å²) >= 11 is 0. The molecule has 0 unspecified atom stereocenters. The molecule has 0 aliphatic carbocycles. The van der Waals surface area contributed by atoms with E-state index in [0.717, 1.165) is 11.3 Å². The summed E-state index contributed by atoms with van der Waals surface area (Å²) < 4.78 is 16.2. The predicted octanol–water partition coefficient (Wildman–Crippen LogP) is 4.56. The number of para-hydroxylation sites is 1. The summed E-state index contributed by atoms with van der Waals surface area (Å²) in [5.41, 5.74) is 2.23. The molecule has 5 nitrogen and oxygen atoms in total. The lowest BCUT2D eigenvalue weighted by Crippen LogP contribution is -2.30. The predicted molar refractivity (Wildman–Crippen MR) is 109 cm³/mol. The second-order valence-electron chi connectivity index (χ2n) is 6.12. The first-order valence-electron chi connectivity index (χ1n) is 8.88. The number of rotatable bonds is 7. The molecule has 0 saturated carbocycles. The van der Waals surface area contributed by atoms with Gasteiger partial charge < -0.3 is 19.1 Å². The SMILES string of the molecule is COc1cc(OC)c(C(=O)N(Cc2ccccc2)c2ccccc2)cc1OC. The summed E-state index contributed by atoms with van der Waals surface area (Å²) in [5, 5.41) is 0. The molecule has 144 valence electrons. The maximum absolute atomic E-state index is 13.5. The van der Waals surface area contributed by atoms with Crippen LogP contribution in [-0.4, -0.2) is 27.2 Å². The second-order valence-corrected chi connectivity index (χ2v) is 6.12. The molecule has 0 atom stereocenters. The fourth-order valence-electron chi connectivity index (χ4n) is 3.00. The van der Waals surface area contributed by atoms with Crippen LogP contribution in [0, 0.1) is 0 Å². The quantitative estimate of drug-likeness (QED) is 0.606. The van der Waals surface area contributed by atoms with E-state index in [2.05, 4.69) is 0 Å². The van der Waals surface area contributed by atoms with Crippen molar-refractivity contribution in [1.82, 2.24) is 0 Å². The van der Waals surface area contributed by atoms with E-state index in [-0.39, 0.29) is 5.91 Å². The number of anilines is 1. The van der Waals surface area contributed by atoms with Crippen LogP contribution in [0.4, 0.5) is 5.69 Å². The molecule has 0 aromatic heterocycles. The molecule has 0 heterocycles. The zero-order valence-corrected chi connectivity index (χ0v) is 16.2. The fraction of sp³-hybridized carbons (Fsp3) is 0.174. The first-order chi connectivity index (χ1) is 13.7. The highest BCUT2D eigenvalue weighted by molar-refractivity contribution is 6.08. The largest absolute Gasteiger partial charge is 0.496 e. The van der Waals surface area contributed by atoms with Gasteiger partial charge in [0.2, 0.25) is 0 Å². The van der Waals surface area contributed by atoms with Crippen molar-refractivity contribution in [3.63, 3.8) is 0 Å². The average molecular weight is 377 g/mol. The maximum atomic E-state index is 13.5. The lowest BCUT2D eigenvalue weighted by molar-refractivity contribution is 0.0981. The molecule has 0 fully saturated rings. The van der Waals surface area contributed by atoms with Crippen LogP contribution in [0.5, 0.6) is 17.2 Å². The van der Waals surface area contributed by atoms with Crippen LogP contribution in [0.15, 0.2) is 72.8 Å². The van der Waals surface area contributed by atoms with Crippen molar-refractivity contribution in [2.45, 2.75) is 6.54 Å². The Labute approximate surface area is 165 Å². The van der Waals surface area contributed by atoms with Crippen LogP contribution in [0.25, 0.3) is 0 Å². The topological polar surface area (TPSA) is 48.0 Å². The Morgan fingerprint density at radius 1 is 0.750 bits per heavy atom. The highest BCUT2D eigenvalue weighted by Crippen LogP contribution is 2.36. The van der Waals surface area contributed by atoms with Crippen molar-refractivity contribution < 1.29 is 19.0 Å². The molecule has 0 spiro atoms.